The second-order valence-electron chi connectivity index (χ2n) is 6.04. The Hall–Kier alpha value is -0.910. The first-order valence-corrected chi connectivity index (χ1v) is 7.86. The number of nitrogens with one attached hydrogen (secondary N) is 1. The topological polar surface area (TPSA) is 72.2 Å². The zero-order chi connectivity index (χ0) is 14.8. The van der Waals surface area contributed by atoms with E-state index in [1.165, 1.54) is 0 Å². The number of hydrogen-bond donors (Lipinski definition) is 2. The molecule has 0 aromatic heterocycles. The monoisotopic (exact) mass is 284 g/mol. The van der Waals surface area contributed by atoms with Gasteiger partial charge in [0.25, 0.3) is 0 Å². The maximum Gasteiger partial charge on any atom is 0.241 e. The summed E-state index contributed by atoms with van der Waals surface area (Å²) in [5.41, 5.74) is 7.12. The quantitative estimate of drug-likeness (QED) is 0.887. The molecule has 1 rings (SSSR count). The predicted octanol–water partition coefficient (Wildman–Crippen LogP) is 1.96. The molecule has 0 saturated heterocycles. The van der Waals surface area contributed by atoms with Gasteiger partial charge in [0.1, 0.15) is 0 Å². The molecule has 0 aliphatic rings. The Morgan fingerprint density at radius 2 is 1.84 bits per heavy atom. The van der Waals surface area contributed by atoms with Crippen LogP contribution in [0, 0.1) is 19.3 Å². The lowest BCUT2D eigenvalue weighted by Crippen LogP contribution is -2.48. The summed E-state index contributed by atoms with van der Waals surface area (Å²) in [7, 11) is -3.54. The van der Waals surface area contributed by atoms with Crippen molar-refractivity contribution >= 4 is 10.0 Å². The van der Waals surface area contributed by atoms with E-state index in [9.17, 15) is 8.42 Å². The average Bonchev–Trinajstić information content (AvgIpc) is 2.27. The van der Waals surface area contributed by atoms with Gasteiger partial charge in [-0.3, -0.25) is 0 Å². The summed E-state index contributed by atoms with van der Waals surface area (Å²) in [5.74, 6) is 0. The number of nitrogens with two attached hydrogens (primary N) is 1. The molecular weight excluding hydrogens is 260 g/mol. The Balaban J connectivity index is 3.14. The molecule has 0 aliphatic heterocycles. The largest absolute Gasteiger partial charge is 0.329 e. The van der Waals surface area contributed by atoms with Gasteiger partial charge in [-0.2, -0.15) is 0 Å². The molecule has 0 heterocycles. The summed E-state index contributed by atoms with van der Waals surface area (Å²) in [6.07, 6.45) is 0. The normalized spacial score (nSPS) is 14.4. The van der Waals surface area contributed by atoms with Crippen LogP contribution in [0.4, 0.5) is 0 Å². The van der Waals surface area contributed by atoms with Gasteiger partial charge in [-0.15, -0.1) is 0 Å². The van der Waals surface area contributed by atoms with Gasteiger partial charge in [0.15, 0.2) is 0 Å². The van der Waals surface area contributed by atoms with Crippen LogP contribution in [-0.2, 0) is 10.0 Å². The van der Waals surface area contributed by atoms with Crippen LogP contribution in [0.2, 0.25) is 0 Å². The molecule has 1 aromatic carbocycles. The third kappa shape index (κ3) is 4.03. The first-order chi connectivity index (χ1) is 8.58. The highest BCUT2D eigenvalue weighted by molar-refractivity contribution is 7.89. The molecular formula is C14H24N2O2S. The Labute approximate surface area is 116 Å². The number of rotatable bonds is 4. The number of benzene rings is 1. The van der Waals surface area contributed by atoms with Gasteiger partial charge < -0.3 is 5.73 Å². The molecule has 0 amide bonds. The molecule has 0 spiro atoms. The highest BCUT2D eigenvalue weighted by Gasteiger charge is 2.29. The second-order valence-corrected chi connectivity index (χ2v) is 7.73. The molecule has 0 aliphatic carbocycles. The van der Waals surface area contributed by atoms with Crippen molar-refractivity contribution in [1.82, 2.24) is 4.72 Å². The van der Waals surface area contributed by atoms with Crippen LogP contribution in [-0.4, -0.2) is 21.0 Å². The molecule has 1 atom stereocenters. The molecule has 5 heteroatoms. The standard InChI is InChI=1S/C14H24N2O2S/c1-10-6-7-11(2)12(8-10)19(17,18)16-13(9-15)14(3,4)5/h6-8,13,16H,9,15H2,1-5H3. The van der Waals surface area contributed by atoms with Crippen LogP contribution in [0.5, 0.6) is 0 Å². The van der Waals surface area contributed by atoms with Gasteiger partial charge in [-0.1, -0.05) is 32.9 Å². The highest BCUT2D eigenvalue weighted by atomic mass is 32.2. The molecule has 0 bridgehead atoms. The van der Waals surface area contributed by atoms with Crippen molar-refractivity contribution in [3.8, 4) is 0 Å². The van der Waals surface area contributed by atoms with Gasteiger partial charge >= 0.3 is 0 Å². The molecule has 3 N–H and O–H groups in total. The lowest BCUT2D eigenvalue weighted by atomic mass is 9.88. The first kappa shape index (κ1) is 16.1. The number of sulfonamides is 1. The molecule has 1 aromatic rings. The van der Waals surface area contributed by atoms with Crippen molar-refractivity contribution in [2.24, 2.45) is 11.1 Å². The zero-order valence-electron chi connectivity index (χ0n) is 12.3. The van der Waals surface area contributed by atoms with Crippen molar-refractivity contribution in [2.75, 3.05) is 6.54 Å². The molecule has 108 valence electrons. The third-order valence-corrected chi connectivity index (χ3v) is 4.83. The second kappa shape index (κ2) is 5.61. The van der Waals surface area contributed by atoms with Gasteiger partial charge in [-0.05, 0) is 36.5 Å². The molecule has 1 unspecified atom stereocenters. The Morgan fingerprint density at radius 3 is 2.32 bits per heavy atom. The van der Waals surface area contributed by atoms with Crippen LogP contribution in [0.15, 0.2) is 23.1 Å². The van der Waals surface area contributed by atoms with Crippen molar-refractivity contribution in [1.29, 1.82) is 0 Å². The van der Waals surface area contributed by atoms with E-state index in [4.69, 9.17) is 5.73 Å². The first-order valence-electron chi connectivity index (χ1n) is 6.37. The number of aryl methyl sites for hydroxylation is 2. The summed E-state index contributed by atoms with van der Waals surface area (Å²) in [6, 6.07) is 5.11. The van der Waals surface area contributed by atoms with Crippen molar-refractivity contribution in [3.63, 3.8) is 0 Å². The van der Waals surface area contributed by atoms with Gasteiger partial charge in [0.05, 0.1) is 4.90 Å². The molecule has 0 radical (unpaired) electrons. The van der Waals surface area contributed by atoms with E-state index in [0.29, 0.717) is 4.90 Å². The fourth-order valence-electron chi connectivity index (χ4n) is 1.83. The zero-order valence-corrected chi connectivity index (χ0v) is 13.1. The minimum Gasteiger partial charge on any atom is -0.329 e. The SMILES string of the molecule is Cc1ccc(C)c(S(=O)(=O)NC(CN)C(C)(C)C)c1. The minimum atomic E-state index is -3.54. The van der Waals surface area contributed by atoms with Gasteiger partial charge in [-0.25, -0.2) is 13.1 Å². The Kier molecular flexibility index (Phi) is 4.76. The fraction of sp³-hybridized carbons (Fsp3) is 0.571. The minimum absolute atomic E-state index is 0.223. The fourth-order valence-corrected chi connectivity index (χ4v) is 3.61. The van der Waals surface area contributed by atoms with Gasteiger partial charge in [0.2, 0.25) is 10.0 Å². The van der Waals surface area contributed by atoms with E-state index in [2.05, 4.69) is 4.72 Å². The van der Waals surface area contributed by atoms with Gasteiger partial charge in [0, 0.05) is 12.6 Å². The summed E-state index contributed by atoms with van der Waals surface area (Å²) in [4.78, 5) is 0.329. The summed E-state index contributed by atoms with van der Waals surface area (Å²) >= 11 is 0. The maximum atomic E-state index is 12.5. The third-order valence-electron chi connectivity index (χ3n) is 3.21. The Morgan fingerprint density at radius 1 is 1.26 bits per heavy atom. The summed E-state index contributed by atoms with van der Waals surface area (Å²) in [6.45, 7) is 9.85. The maximum absolute atomic E-state index is 12.5. The van der Waals surface area contributed by atoms with Crippen LogP contribution < -0.4 is 10.5 Å². The van der Waals surface area contributed by atoms with Crippen LogP contribution >= 0.6 is 0 Å². The lowest BCUT2D eigenvalue weighted by Gasteiger charge is -2.30. The Bertz CT molecular complexity index is 545. The van der Waals surface area contributed by atoms with E-state index < -0.39 is 10.0 Å². The molecule has 4 nitrogen and oxygen atoms in total. The predicted molar refractivity (Wildman–Crippen MR) is 78.5 cm³/mol. The number of hydrogen-bond acceptors (Lipinski definition) is 3. The highest BCUT2D eigenvalue weighted by Crippen LogP contribution is 2.22. The van der Waals surface area contributed by atoms with Crippen LogP contribution in [0.3, 0.4) is 0 Å². The molecule has 0 fully saturated rings. The van der Waals surface area contributed by atoms with E-state index in [1.54, 1.807) is 13.0 Å². The summed E-state index contributed by atoms with van der Waals surface area (Å²) in [5, 5.41) is 0. The lowest BCUT2D eigenvalue weighted by molar-refractivity contribution is 0.304. The van der Waals surface area contributed by atoms with Crippen LogP contribution in [0.25, 0.3) is 0 Å². The average molecular weight is 284 g/mol. The summed E-state index contributed by atoms with van der Waals surface area (Å²) < 4.78 is 27.6. The van der Waals surface area contributed by atoms with E-state index >= 15 is 0 Å². The van der Waals surface area contributed by atoms with E-state index in [0.717, 1.165) is 11.1 Å². The van der Waals surface area contributed by atoms with Crippen molar-refractivity contribution in [2.45, 2.75) is 45.6 Å². The molecule has 0 saturated carbocycles. The smallest absolute Gasteiger partial charge is 0.241 e. The van der Waals surface area contributed by atoms with Crippen LogP contribution in [0.1, 0.15) is 31.9 Å². The van der Waals surface area contributed by atoms with Crippen molar-refractivity contribution < 1.29 is 8.42 Å². The van der Waals surface area contributed by atoms with Crippen molar-refractivity contribution in [3.05, 3.63) is 29.3 Å². The van der Waals surface area contributed by atoms with E-state index in [-0.39, 0.29) is 18.0 Å². The van der Waals surface area contributed by atoms with E-state index in [1.807, 2.05) is 39.8 Å². The molecule has 19 heavy (non-hydrogen) atoms.